The molecule has 1 N–H and O–H groups in total. The average Bonchev–Trinajstić information content (AvgIpc) is 3.30. The SMILES string of the molecule is Cc1ccc(C(=O)N2Cc3ccccc3C2)c(C2CCN(C(=O)Nc3c(F)cccc3F)CC2)n1. The van der Waals surface area contributed by atoms with Crippen LogP contribution < -0.4 is 5.32 Å². The standard InChI is InChI=1S/C27H26F2N4O2/c1-17-9-10-21(26(34)33-15-19-5-2-3-6-20(19)16-33)24(30-17)18-11-13-32(14-12-18)27(35)31-25-22(28)7-4-8-23(25)29/h2-10,18H,11-16H2,1H3,(H,31,35). The lowest BCUT2D eigenvalue weighted by atomic mass is 9.89. The summed E-state index contributed by atoms with van der Waals surface area (Å²) >= 11 is 0. The van der Waals surface area contributed by atoms with Crippen LogP contribution in [0.2, 0.25) is 0 Å². The molecule has 0 atom stereocenters. The number of rotatable bonds is 3. The average molecular weight is 477 g/mol. The first-order valence-corrected chi connectivity index (χ1v) is 11.7. The van der Waals surface area contributed by atoms with Gasteiger partial charge in [0.25, 0.3) is 5.91 Å². The van der Waals surface area contributed by atoms with Crippen LogP contribution in [0.1, 0.15) is 51.6 Å². The van der Waals surface area contributed by atoms with Crippen molar-refractivity contribution in [3.05, 3.63) is 94.3 Å². The fourth-order valence-electron chi connectivity index (χ4n) is 4.88. The second kappa shape index (κ2) is 9.44. The van der Waals surface area contributed by atoms with E-state index < -0.39 is 23.4 Å². The van der Waals surface area contributed by atoms with Gasteiger partial charge in [-0.3, -0.25) is 9.78 Å². The molecule has 0 bridgehead atoms. The molecule has 35 heavy (non-hydrogen) atoms. The molecule has 8 heteroatoms. The number of anilines is 1. The van der Waals surface area contributed by atoms with E-state index in [1.807, 2.05) is 48.2 Å². The molecule has 3 amide bonds. The summed E-state index contributed by atoms with van der Waals surface area (Å²) in [5, 5.41) is 2.35. The van der Waals surface area contributed by atoms with E-state index in [2.05, 4.69) is 5.32 Å². The second-order valence-corrected chi connectivity index (χ2v) is 9.10. The number of nitrogens with zero attached hydrogens (tertiary/aromatic N) is 3. The molecule has 1 fully saturated rings. The quantitative estimate of drug-likeness (QED) is 0.563. The summed E-state index contributed by atoms with van der Waals surface area (Å²) in [7, 11) is 0. The topological polar surface area (TPSA) is 65.5 Å². The van der Waals surface area contributed by atoms with Gasteiger partial charge >= 0.3 is 6.03 Å². The number of pyridine rings is 1. The molecule has 0 saturated carbocycles. The number of aryl methyl sites for hydroxylation is 1. The molecule has 5 rings (SSSR count). The summed E-state index contributed by atoms with van der Waals surface area (Å²) in [6.45, 7) is 3.84. The summed E-state index contributed by atoms with van der Waals surface area (Å²) in [5.41, 5.74) is 4.06. The van der Waals surface area contributed by atoms with E-state index in [4.69, 9.17) is 4.98 Å². The zero-order valence-corrected chi connectivity index (χ0v) is 19.4. The van der Waals surface area contributed by atoms with Crippen LogP contribution in [-0.2, 0) is 13.1 Å². The number of urea groups is 1. The molecule has 0 spiro atoms. The van der Waals surface area contributed by atoms with Crippen molar-refractivity contribution in [2.45, 2.75) is 38.8 Å². The van der Waals surface area contributed by atoms with Crippen molar-refractivity contribution in [1.29, 1.82) is 0 Å². The number of amides is 3. The molecule has 1 aromatic heterocycles. The fraction of sp³-hybridized carbons (Fsp3) is 0.296. The van der Waals surface area contributed by atoms with E-state index in [0.29, 0.717) is 44.6 Å². The minimum atomic E-state index is -0.815. The van der Waals surface area contributed by atoms with E-state index in [9.17, 15) is 18.4 Å². The number of aromatic nitrogens is 1. The Balaban J connectivity index is 1.28. The van der Waals surface area contributed by atoms with Crippen LogP contribution in [-0.4, -0.2) is 39.8 Å². The second-order valence-electron chi connectivity index (χ2n) is 9.10. The van der Waals surface area contributed by atoms with E-state index in [1.165, 1.54) is 11.0 Å². The number of hydrogen-bond donors (Lipinski definition) is 1. The Morgan fingerprint density at radius 1 is 0.886 bits per heavy atom. The predicted molar refractivity (Wildman–Crippen MR) is 128 cm³/mol. The van der Waals surface area contributed by atoms with Crippen molar-refractivity contribution in [3.8, 4) is 0 Å². The highest BCUT2D eigenvalue weighted by Crippen LogP contribution is 2.32. The van der Waals surface area contributed by atoms with E-state index in [0.717, 1.165) is 34.6 Å². The molecule has 2 aromatic carbocycles. The van der Waals surface area contributed by atoms with Gasteiger partial charge in [-0.1, -0.05) is 30.3 Å². The third-order valence-corrected chi connectivity index (χ3v) is 6.79. The third kappa shape index (κ3) is 4.60. The Morgan fingerprint density at radius 3 is 2.14 bits per heavy atom. The molecular weight excluding hydrogens is 450 g/mol. The molecule has 2 aliphatic heterocycles. The Hall–Kier alpha value is -3.81. The third-order valence-electron chi connectivity index (χ3n) is 6.79. The number of nitrogens with one attached hydrogen (secondary N) is 1. The zero-order valence-electron chi connectivity index (χ0n) is 19.4. The number of para-hydroxylation sites is 1. The maximum atomic E-state index is 13.9. The zero-order chi connectivity index (χ0) is 24.5. The van der Waals surface area contributed by atoms with Crippen molar-refractivity contribution < 1.29 is 18.4 Å². The van der Waals surface area contributed by atoms with Crippen LogP contribution >= 0.6 is 0 Å². The van der Waals surface area contributed by atoms with Gasteiger partial charge in [0, 0.05) is 37.8 Å². The number of carbonyl (C=O) groups is 2. The van der Waals surface area contributed by atoms with Crippen LogP contribution in [0.5, 0.6) is 0 Å². The molecule has 6 nitrogen and oxygen atoms in total. The Kier molecular flexibility index (Phi) is 6.19. The van der Waals surface area contributed by atoms with Crippen LogP contribution in [0, 0.1) is 18.6 Å². The largest absolute Gasteiger partial charge is 0.330 e. The van der Waals surface area contributed by atoms with Gasteiger partial charge in [-0.05, 0) is 55.2 Å². The van der Waals surface area contributed by atoms with Crippen LogP contribution in [0.3, 0.4) is 0 Å². The van der Waals surface area contributed by atoms with Crippen molar-refractivity contribution in [3.63, 3.8) is 0 Å². The van der Waals surface area contributed by atoms with Crippen LogP contribution in [0.15, 0.2) is 54.6 Å². The van der Waals surface area contributed by atoms with Crippen molar-refractivity contribution in [1.82, 2.24) is 14.8 Å². The van der Waals surface area contributed by atoms with Crippen molar-refractivity contribution in [2.24, 2.45) is 0 Å². The van der Waals surface area contributed by atoms with Gasteiger partial charge < -0.3 is 15.1 Å². The summed E-state index contributed by atoms with van der Waals surface area (Å²) in [4.78, 5) is 34.2. The van der Waals surface area contributed by atoms with E-state index in [-0.39, 0.29) is 11.8 Å². The molecule has 1 saturated heterocycles. The lowest BCUT2D eigenvalue weighted by molar-refractivity contribution is 0.0748. The van der Waals surface area contributed by atoms with Gasteiger partial charge in [0.2, 0.25) is 0 Å². The van der Waals surface area contributed by atoms with Crippen molar-refractivity contribution >= 4 is 17.6 Å². The number of carbonyl (C=O) groups excluding carboxylic acids is 2. The van der Waals surface area contributed by atoms with Gasteiger partial charge in [0.1, 0.15) is 17.3 Å². The first kappa shape index (κ1) is 23.0. The van der Waals surface area contributed by atoms with Gasteiger partial charge in [-0.25, -0.2) is 13.6 Å². The Morgan fingerprint density at radius 2 is 1.51 bits per heavy atom. The summed E-state index contributed by atoms with van der Waals surface area (Å²) in [6.07, 6.45) is 1.20. The number of hydrogen-bond acceptors (Lipinski definition) is 3. The number of likely N-dealkylation sites (tertiary alicyclic amines) is 1. The minimum absolute atomic E-state index is 0.00748. The molecule has 0 aliphatic carbocycles. The predicted octanol–water partition coefficient (Wildman–Crippen LogP) is 5.24. The first-order valence-electron chi connectivity index (χ1n) is 11.7. The smallest absolute Gasteiger partial charge is 0.322 e. The number of benzene rings is 2. The van der Waals surface area contributed by atoms with Gasteiger partial charge in [0.15, 0.2) is 0 Å². The number of halogens is 2. The summed E-state index contributed by atoms with van der Waals surface area (Å²) in [6, 6.07) is 14.7. The van der Waals surface area contributed by atoms with Crippen LogP contribution in [0.25, 0.3) is 0 Å². The number of piperidine rings is 1. The van der Waals surface area contributed by atoms with Crippen LogP contribution in [0.4, 0.5) is 19.3 Å². The Bertz CT molecular complexity index is 1240. The minimum Gasteiger partial charge on any atom is -0.330 e. The maximum absolute atomic E-state index is 13.9. The first-order chi connectivity index (χ1) is 16.9. The lowest BCUT2D eigenvalue weighted by Crippen LogP contribution is -2.41. The van der Waals surface area contributed by atoms with Crippen molar-refractivity contribution in [2.75, 3.05) is 18.4 Å². The highest BCUT2D eigenvalue weighted by Gasteiger charge is 2.31. The lowest BCUT2D eigenvalue weighted by Gasteiger charge is -2.32. The fourth-order valence-corrected chi connectivity index (χ4v) is 4.88. The molecule has 3 heterocycles. The summed E-state index contributed by atoms with van der Waals surface area (Å²) < 4.78 is 27.8. The molecule has 2 aliphatic rings. The summed E-state index contributed by atoms with van der Waals surface area (Å²) in [5.74, 6) is -1.67. The molecule has 180 valence electrons. The molecular formula is C27H26F2N4O2. The Labute approximate surface area is 202 Å². The number of fused-ring (bicyclic) bond motifs is 1. The highest BCUT2D eigenvalue weighted by atomic mass is 19.1. The van der Waals surface area contributed by atoms with Gasteiger partial charge in [0.05, 0.1) is 11.3 Å². The monoisotopic (exact) mass is 476 g/mol. The molecule has 0 unspecified atom stereocenters. The highest BCUT2D eigenvalue weighted by molar-refractivity contribution is 5.96. The van der Waals surface area contributed by atoms with Gasteiger partial charge in [-0.15, -0.1) is 0 Å². The van der Waals surface area contributed by atoms with Gasteiger partial charge in [-0.2, -0.15) is 0 Å². The molecule has 3 aromatic rings. The van der Waals surface area contributed by atoms with E-state index >= 15 is 0 Å². The maximum Gasteiger partial charge on any atom is 0.322 e. The van der Waals surface area contributed by atoms with E-state index in [1.54, 1.807) is 0 Å². The normalized spacial score (nSPS) is 15.7. The molecule has 0 radical (unpaired) electrons.